The number of carbonyl (C=O) groups is 1. The van der Waals surface area contributed by atoms with E-state index in [0.717, 1.165) is 0 Å². The summed E-state index contributed by atoms with van der Waals surface area (Å²) in [7, 11) is 1.61. The van der Waals surface area contributed by atoms with Crippen LogP contribution in [-0.4, -0.2) is 43.2 Å². The minimum absolute atomic E-state index is 0.0106. The van der Waals surface area contributed by atoms with Crippen molar-refractivity contribution in [2.24, 2.45) is 5.73 Å². The minimum Gasteiger partial charge on any atom is -0.380 e. The van der Waals surface area contributed by atoms with Gasteiger partial charge in [0.25, 0.3) is 0 Å². The highest BCUT2D eigenvalue weighted by Gasteiger charge is 2.35. The maximum Gasteiger partial charge on any atom is 0.234 e. The van der Waals surface area contributed by atoms with Crippen LogP contribution in [0.15, 0.2) is 18.2 Å². The molecule has 2 N–H and O–H groups in total. The number of carbonyl (C=O) groups excluding carboxylic acids is 1. The summed E-state index contributed by atoms with van der Waals surface area (Å²) >= 11 is 6.00. The van der Waals surface area contributed by atoms with Crippen LogP contribution in [-0.2, 0) is 16.0 Å². The van der Waals surface area contributed by atoms with Crippen molar-refractivity contribution in [3.05, 3.63) is 34.6 Å². The van der Waals surface area contributed by atoms with E-state index in [9.17, 15) is 9.18 Å². The number of primary amides is 1. The molecular formula is C14H18ClFN2O2. The maximum absolute atomic E-state index is 13.7. The van der Waals surface area contributed by atoms with Gasteiger partial charge in [0.05, 0.1) is 12.1 Å². The number of amides is 1. The van der Waals surface area contributed by atoms with Gasteiger partial charge in [-0.15, -0.1) is 0 Å². The SMILES string of the molecule is CO[C@H]1C[C@@H](C(N)=O)N(CCc2c(F)cccc2Cl)C1. The summed E-state index contributed by atoms with van der Waals surface area (Å²) in [6.45, 7) is 1.14. The molecule has 110 valence electrons. The highest BCUT2D eigenvalue weighted by molar-refractivity contribution is 6.31. The Morgan fingerprint density at radius 2 is 2.35 bits per heavy atom. The Balaban J connectivity index is 2.04. The standard InChI is InChI=1S/C14H18ClFN2O2/c1-20-9-7-13(14(17)19)18(8-9)6-5-10-11(15)3-2-4-12(10)16/h2-4,9,13H,5-8H2,1H3,(H2,17,19)/t9-,13-/m0/s1. The van der Waals surface area contributed by atoms with Crippen molar-refractivity contribution in [1.29, 1.82) is 0 Å². The molecule has 6 heteroatoms. The van der Waals surface area contributed by atoms with Gasteiger partial charge in [-0.1, -0.05) is 17.7 Å². The molecular weight excluding hydrogens is 283 g/mol. The molecule has 4 nitrogen and oxygen atoms in total. The quantitative estimate of drug-likeness (QED) is 0.898. The molecule has 0 saturated carbocycles. The van der Waals surface area contributed by atoms with Crippen molar-refractivity contribution < 1.29 is 13.9 Å². The number of hydrogen-bond donors (Lipinski definition) is 1. The molecule has 1 saturated heterocycles. The average molecular weight is 301 g/mol. The molecule has 1 aromatic rings. The third-order valence-electron chi connectivity index (χ3n) is 3.74. The first-order chi connectivity index (χ1) is 9.52. The summed E-state index contributed by atoms with van der Waals surface area (Å²) < 4.78 is 19.0. The van der Waals surface area contributed by atoms with E-state index in [-0.39, 0.29) is 23.9 Å². The monoisotopic (exact) mass is 300 g/mol. The molecule has 0 spiro atoms. The fraction of sp³-hybridized carbons (Fsp3) is 0.500. The van der Waals surface area contributed by atoms with Crippen molar-refractivity contribution in [3.63, 3.8) is 0 Å². The number of benzene rings is 1. The number of rotatable bonds is 5. The summed E-state index contributed by atoms with van der Waals surface area (Å²) in [5, 5.41) is 0.406. The fourth-order valence-corrected chi connectivity index (χ4v) is 2.86. The van der Waals surface area contributed by atoms with Crippen LogP contribution >= 0.6 is 11.6 Å². The second kappa shape index (κ2) is 6.52. The first-order valence-electron chi connectivity index (χ1n) is 6.52. The second-order valence-electron chi connectivity index (χ2n) is 4.96. The van der Waals surface area contributed by atoms with Gasteiger partial charge in [-0.2, -0.15) is 0 Å². The van der Waals surface area contributed by atoms with Gasteiger partial charge in [0.2, 0.25) is 5.91 Å². The van der Waals surface area contributed by atoms with Gasteiger partial charge >= 0.3 is 0 Å². The number of halogens is 2. The minimum atomic E-state index is -0.371. The number of ether oxygens (including phenoxy) is 1. The van der Waals surface area contributed by atoms with Gasteiger partial charge in [0, 0.05) is 30.8 Å². The van der Waals surface area contributed by atoms with E-state index in [1.54, 1.807) is 19.2 Å². The van der Waals surface area contributed by atoms with E-state index in [4.69, 9.17) is 22.1 Å². The molecule has 0 unspecified atom stereocenters. The van der Waals surface area contributed by atoms with Crippen LogP contribution in [0.1, 0.15) is 12.0 Å². The van der Waals surface area contributed by atoms with Gasteiger partial charge < -0.3 is 10.5 Å². The smallest absolute Gasteiger partial charge is 0.234 e. The maximum atomic E-state index is 13.7. The Bertz CT molecular complexity index is 478. The lowest BCUT2D eigenvalue weighted by molar-refractivity contribution is -0.122. The van der Waals surface area contributed by atoms with Crippen LogP contribution in [0.2, 0.25) is 5.02 Å². The number of likely N-dealkylation sites (tertiary alicyclic amines) is 1. The average Bonchev–Trinajstić information content (AvgIpc) is 2.82. The molecule has 2 atom stereocenters. The van der Waals surface area contributed by atoms with Crippen molar-refractivity contribution in [3.8, 4) is 0 Å². The Morgan fingerprint density at radius 3 is 2.95 bits per heavy atom. The van der Waals surface area contributed by atoms with E-state index in [1.165, 1.54) is 6.07 Å². The highest BCUT2D eigenvalue weighted by atomic mass is 35.5. The molecule has 1 aromatic carbocycles. The molecule has 0 bridgehead atoms. The summed E-state index contributed by atoms with van der Waals surface area (Å²) in [5.74, 6) is -0.695. The summed E-state index contributed by atoms with van der Waals surface area (Å²) in [6, 6.07) is 4.26. The molecule has 1 aliphatic heterocycles. The Hall–Kier alpha value is -1.17. The lowest BCUT2D eigenvalue weighted by Crippen LogP contribution is -2.41. The largest absolute Gasteiger partial charge is 0.380 e. The zero-order valence-corrected chi connectivity index (χ0v) is 12.1. The predicted molar refractivity (Wildman–Crippen MR) is 75.1 cm³/mol. The number of hydrogen-bond acceptors (Lipinski definition) is 3. The molecule has 1 amide bonds. The summed E-state index contributed by atoms with van der Waals surface area (Å²) in [6.07, 6.45) is 1.01. The third kappa shape index (κ3) is 3.29. The molecule has 2 rings (SSSR count). The van der Waals surface area contributed by atoms with E-state index < -0.39 is 0 Å². The second-order valence-corrected chi connectivity index (χ2v) is 5.36. The molecule has 0 aromatic heterocycles. The van der Waals surface area contributed by atoms with Gasteiger partial charge in [0.15, 0.2) is 0 Å². The van der Waals surface area contributed by atoms with E-state index >= 15 is 0 Å². The van der Waals surface area contributed by atoms with Crippen LogP contribution in [0.25, 0.3) is 0 Å². The molecule has 1 heterocycles. The van der Waals surface area contributed by atoms with E-state index in [2.05, 4.69) is 0 Å². The van der Waals surface area contributed by atoms with Gasteiger partial charge in [-0.25, -0.2) is 4.39 Å². The number of methoxy groups -OCH3 is 1. The van der Waals surface area contributed by atoms with Crippen molar-refractivity contribution in [2.75, 3.05) is 20.2 Å². The van der Waals surface area contributed by atoms with Crippen molar-refractivity contribution >= 4 is 17.5 Å². The Labute approximate surface area is 122 Å². The van der Waals surface area contributed by atoms with Crippen molar-refractivity contribution in [1.82, 2.24) is 4.90 Å². The molecule has 0 aliphatic carbocycles. The zero-order chi connectivity index (χ0) is 14.7. The fourth-order valence-electron chi connectivity index (χ4n) is 2.60. The van der Waals surface area contributed by atoms with Crippen LogP contribution < -0.4 is 5.73 Å². The predicted octanol–water partition coefficient (Wildman–Crippen LogP) is 1.60. The topological polar surface area (TPSA) is 55.6 Å². The van der Waals surface area contributed by atoms with Crippen molar-refractivity contribution in [2.45, 2.75) is 25.0 Å². The van der Waals surface area contributed by atoms with Gasteiger partial charge in [-0.3, -0.25) is 9.69 Å². The first kappa shape index (κ1) is 15.2. The zero-order valence-electron chi connectivity index (χ0n) is 11.3. The highest BCUT2D eigenvalue weighted by Crippen LogP contribution is 2.23. The van der Waals surface area contributed by atoms with E-state index in [1.807, 2.05) is 4.90 Å². The molecule has 20 heavy (non-hydrogen) atoms. The Kier molecular flexibility index (Phi) is 4.96. The van der Waals surface area contributed by atoms with E-state index in [0.29, 0.717) is 36.5 Å². The molecule has 1 fully saturated rings. The van der Waals surface area contributed by atoms with Crippen LogP contribution in [0.4, 0.5) is 4.39 Å². The lowest BCUT2D eigenvalue weighted by Gasteiger charge is -2.21. The van der Waals surface area contributed by atoms with Gasteiger partial charge in [0.1, 0.15) is 5.82 Å². The first-order valence-corrected chi connectivity index (χ1v) is 6.89. The Morgan fingerprint density at radius 1 is 1.60 bits per heavy atom. The molecule has 1 aliphatic rings. The van der Waals surface area contributed by atoms with Crippen LogP contribution in [0, 0.1) is 5.82 Å². The van der Waals surface area contributed by atoms with Crippen LogP contribution in [0.5, 0.6) is 0 Å². The third-order valence-corrected chi connectivity index (χ3v) is 4.09. The normalized spacial score (nSPS) is 23.1. The lowest BCUT2D eigenvalue weighted by atomic mass is 10.1. The number of nitrogens with two attached hydrogens (primary N) is 1. The molecule has 0 radical (unpaired) electrons. The summed E-state index contributed by atoms with van der Waals surface area (Å²) in [4.78, 5) is 13.4. The summed E-state index contributed by atoms with van der Waals surface area (Å²) in [5.41, 5.74) is 5.87. The van der Waals surface area contributed by atoms with Crippen LogP contribution in [0.3, 0.4) is 0 Å². The van der Waals surface area contributed by atoms with Gasteiger partial charge in [-0.05, 0) is 25.0 Å². The number of nitrogens with zero attached hydrogens (tertiary/aromatic N) is 1.